The maximum atomic E-state index is 13.6. The van der Waals surface area contributed by atoms with Crippen LogP contribution >= 0.6 is 11.6 Å². The van der Waals surface area contributed by atoms with Crippen molar-refractivity contribution in [3.8, 4) is 11.5 Å². The molecule has 0 bridgehead atoms. The zero-order valence-electron chi connectivity index (χ0n) is 19.1. The third kappa shape index (κ3) is 4.96. The van der Waals surface area contributed by atoms with E-state index in [1.165, 1.54) is 38.6 Å². The Morgan fingerprint density at radius 1 is 1.20 bits per heavy atom. The van der Waals surface area contributed by atoms with Gasteiger partial charge < -0.3 is 24.3 Å². The molecule has 10 heteroatoms. The van der Waals surface area contributed by atoms with Crippen molar-refractivity contribution in [1.29, 1.82) is 0 Å². The molecule has 2 aromatic heterocycles. The highest BCUT2D eigenvalue weighted by Crippen LogP contribution is 2.30. The molecule has 0 unspecified atom stereocenters. The minimum atomic E-state index is -0.599. The molecule has 8 nitrogen and oxygen atoms in total. The number of benzene rings is 2. The summed E-state index contributed by atoms with van der Waals surface area (Å²) in [5, 5.41) is 13.0. The lowest BCUT2D eigenvalue weighted by Crippen LogP contribution is -2.22. The predicted octanol–water partition coefficient (Wildman–Crippen LogP) is 4.92. The van der Waals surface area contributed by atoms with E-state index in [-0.39, 0.29) is 28.4 Å². The molecule has 1 amide bonds. The van der Waals surface area contributed by atoms with E-state index in [4.69, 9.17) is 25.5 Å². The Bertz CT molecular complexity index is 1500. The number of nitrogens with one attached hydrogen (secondary N) is 1. The molecule has 35 heavy (non-hydrogen) atoms. The molecule has 2 aromatic carbocycles. The number of hydrogen-bond acceptors (Lipinski definition) is 7. The fraction of sp³-hybridized carbons (Fsp3) is 0.160. The largest absolute Gasteiger partial charge is 0.497 e. The fourth-order valence-electron chi connectivity index (χ4n) is 3.42. The average molecular weight is 498 g/mol. The minimum absolute atomic E-state index is 0.0508. The number of aryl methyl sites for hydroxylation is 1. The van der Waals surface area contributed by atoms with Gasteiger partial charge >= 0.3 is 0 Å². The standard InChI is InChI=1S/C25H21ClFN3O5/c1-13-23-17(14(12-31)11-28-13)10-18(25(35-23)29-15-4-6-20(27)19(26)8-15)24(32)30-21-7-5-16(33-2)9-22(21)34-3/h4-11,31H,12H2,1-3H3,(H,30,32). The Morgan fingerprint density at radius 3 is 2.69 bits per heavy atom. The Morgan fingerprint density at radius 2 is 2.00 bits per heavy atom. The van der Waals surface area contributed by atoms with Gasteiger partial charge in [-0.05, 0) is 43.3 Å². The number of carbonyl (C=O) groups excluding carboxylic acids is 1. The number of aromatic nitrogens is 1. The second-order valence-electron chi connectivity index (χ2n) is 7.47. The molecule has 0 atom stereocenters. The summed E-state index contributed by atoms with van der Waals surface area (Å²) in [5.41, 5.74) is 2.04. The molecule has 180 valence electrons. The van der Waals surface area contributed by atoms with Crippen molar-refractivity contribution in [3.05, 3.63) is 81.9 Å². The van der Waals surface area contributed by atoms with Gasteiger partial charge in [0.25, 0.3) is 5.91 Å². The van der Waals surface area contributed by atoms with Crippen LogP contribution in [0.15, 0.2) is 58.1 Å². The van der Waals surface area contributed by atoms with Gasteiger partial charge in [0.15, 0.2) is 5.58 Å². The number of pyridine rings is 1. The zero-order valence-corrected chi connectivity index (χ0v) is 19.8. The molecular weight excluding hydrogens is 477 g/mol. The van der Waals surface area contributed by atoms with Gasteiger partial charge in [0.1, 0.15) is 22.9 Å². The van der Waals surface area contributed by atoms with Gasteiger partial charge in [0, 0.05) is 23.2 Å². The number of aliphatic hydroxyl groups excluding tert-OH is 1. The summed E-state index contributed by atoms with van der Waals surface area (Å²) in [7, 11) is 2.99. The number of rotatable bonds is 6. The van der Waals surface area contributed by atoms with Crippen molar-refractivity contribution in [2.24, 2.45) is 4.99 Å². The van der Waals surface area contributed by atoms with Crippen molar-refractivity contribution >= 4 is 39.9 Å². The van der Waals surface area contributed by atoms with E-state index in [2.05, 4.69) is 15.3 Å². The zero-order chi connectivity index (χ0) is 25.1. The normalized spacial score (nSPS) is 11.5. The van der Waals surface area contributed by atoms with Gasteiger partial charge in [0.2, 0.25) is 5.55 Å². The van der Waals surface area contributed by atoms with Crippen LogP contribution in [0.3, 0.4) is 0 Å². The lowest BCUT2D eigenvalue weighted by molar-refractivity contribution is 0.102. The Hall–Kier alpha value is -3.95. The molecule has 0 spiro atoms. The summed E-state index contributed by atoms with van der Waals surface area (Å²) >= 11 is 5.90. The van der Waals surface area contributed by atoms with Crippen LogP contribution in [0.25, 0.3) is 11.0 Å². The third-order valence-electron chi connectivity index (χ3n) is 5.26. The van der Waals surface area contributed by atoms with Crippen LogP contribution in [0.1, 0.15) is 21.6 Å². The number of anilines is 1. The maximum absolute atomic E-state index is 13.6. The van der Waals surface area contributed by atoms with E-state index in [9.17, 15) is 14.3 Å². The molecule has 0 aliphatic carbocycles. The van der Waals surface area contributed by atoms with Crippen LogP contribution in [0.4, 0.5) is 15.8 Å². The van der Waals surface area contributed by atoms with Crippen LogP contribution in [0.2, 0.25) is 5.02 Å². The number of carbonyl (C=O) groups is 1. The van der Waals surface area contributed by atoms with E-state index in [0.29, 0.717) is 39.4 Å². The van der Waals surface area contributed by atoms with Gasteiger partial charge in [-0.1, -0.05) is 11.6 Å². The third-order valence-corrected chi connectivity index (χ3v) is 5.55. The van der Waals surface area contributed by atoms with Crippen molar-refractivity contribution in [1.82, 2.24) is 4.98 Å². The van der Waals surface area contributed by atoms with E-state index in [1.807, 2.05) is 0 Å². The summed E-state index contributed by atoms with van der Waals surface area (Å²) in [6.07, 6.45) is 1.51. The number of hydrogen-bond donors (Lipinski definition) is 2. The van der Waals surface area contributed by atoms with Crippen molar-refractivity contribution in [2.75, 3.05) is 19.5 Å². The first kappa shape index (κ1) is 24.2. The predicted molar refractivity (Wildman–Crippen MR) is 129 cm³/mol. The summed E-state index contributed by atoms with van der Waals surface area (Å²) in [6, 6.07) is 10.4. The van der Waals surface area contributed by atoms with Crippen molar-refractivity contribution < 1.29 is 28.2 Å². The lowest BCUT2D eigenvalue weighted by atomic mass is 10.1. The van der Waals surface area contributed by atoms with Crippen LogP contribution in [-0.2, 0) is 6.61 Å². The quantitative estimate of drug-likeness (QED) is 0.391. The first-order valence-electron chi connectivity index (χ1n) is 10.4. The number of aliphatic hydroxyl groups is 1. The smallest absolute Gasteiger partial charge is 0.261 e. The van der Waals surface area contributed by atoms with Gasteiger partial charge in [0.05, 0.1) is 42.9 Å². The highest BCUT2D eigenvalue weighted by Gasteiger charge is 2.18. The fourth-order valence-corrected chi connectivity index (χ4v) is 3.60. The number of fused-ring (bicyclic) bond motifs is 1. The number of methoxy groups -OCH3 is 2. The molecule has 4 aromatic rings. The molecule has 0 fully saturated rings. The lowest BCUT2D eigenvalue weighted by Gasteiger charge is -2.13. The first-order valence-corrected chi connectivity index (χ1v) is 10.8. The second-order valence-corrected chi connectivity index (χ2v) is 7.87. The van der Waals surface area contributed by atoms with E-state index >= 15 is 0 Å². The Kier molecular flexibility index (Phi) is 6.99. The van der Waals surface area contributed by atoms with Crippen LogP contribution < -0.4 is 20.3 Å². The first-order chi connectivity index (χ1) is 16.8. The molecule has 0 aliphatic rings. The maximum Gasteiger partial charge on any atom is 0.261 e. The van der Waals surface area contributed by atoms with Gasteiger partial charge in [-0.25, -0.2) is 9.38 Å². The highest BCUT2D eigenvalue weighted by molar-refractivity contribution is 6.31. The monoisotopic (exact) mass is 497 g/mol. The van der Waals surface area contributed by atoms with E-state index in [1.54, 1.807) is 31.2 Å². The van der Waals surface area contributed by atoms with E-state index in [0.717, 1.165) is 0 Å². The topological polar surface area (TPSA) is 106 Å². The van der Waals surface area contributed by atoms with Gasteiger partial charge in [-0.3, -0.25) is 9.78 Å². The minimum Gasteiger partial charge on any atom is -0.497 e. The molecule has 2 N–H and O–H groups in total. The number of amides is 1. The number of nitrogens with zero attached hydrogens (tertiary/aromatic N) is 2. The van der Waals surface area contributed by atoms with E-state index < -0.39 is 11.7 Å². The number of ether oxygens (including phenoxy) is 2. The van der Waals surface area contributed by atoms with Gasteiger partial charge in [-0.15, -0.1) is 0 Å². The molecule has 2 heterocycles. The molecule has 4 rings (SSSR count). The van der Waals surface area contributed by atoms with Crippen molar-refractivity contribution in [2.45, 2.75) is 13.5 Å². The molecule has 0 saturated heterocycles. The van der Waals surface area contributed by atoms with Crippen LogP contribution in [-0.4, -0.2) is 30.2 Å². The second kappa shape index (κ2) is 10.1. The number of halogens is 2. The summed E-state index contributed by atoms with van der Waals surface area (Å²) in [4.78, 5) is 22.1. The summed E-state index contributed by atoms with van der Waals surface area (Å²) in [6.45, 7) is 1.42. The Balaban J connectivity index is 1.91. The van der Waals surface area contributed by atoms with Crippen LogP contribution in [0, 0.1) is 12.7 Å². The van der Waals surface area contributed by atoms with Gasteiger partial charge in [-0.2, -0.15) is 0 Å². The van der Waals surface area contributed by atoms with Crippen LogP contribution in [0.5, 0.6) is 11.5 Å². The molecular formula is C25H21ClFN3O5. The summed E-state index contributed by atoms with van der Waals surface area (Å²) in [5.74, 6) is -0.210. The Labute approximate surface area is 204 Å². The molecule has 0 radical (unpaired) electrons. The highest BCUT2D eigenvalue weighted by atomic mass is 35.5. The summed E-state index contributed by atoms with van der Waals surface area (Å²) < 4.78 is 30.2. The average Bonchev–Trinajstić information content (AvgIpc) is 2.86. The van der Waals surface area contributed by atoms with Crippen molar-refractivity contribution in [3.63, 3.8) is 0 Å². The SMILES string of the molecule is COc1ccc(NC(=O)c2cc3c(CO)cnc(C)c3oc2=Nc2ccc(F)c(Cl)c2)c(OC)c1. The molecule has 0 aliphatic heterocycles. The molecule has 0 saturated carbocycles.